The van der Waals surface area contributed by atoms with Crippen molar-refractivity contribution in [2.45, 2.75) is 12.0 Å². The van der Waals surface area contributed by atoms with Crippen LogP contribution in [0.15, 0.2) is 12.7 Å². The third kappa shape index (κ3) is 0.733. The molecule has 0 bridgehead atoms. The van der Waals surface area contributed by atoms with Gasteiger partial charge in [0.15, 0.2) is 0 Å². The largest absolute Gasteiger partial charge is 0.368 e. The molecule has 0 aromatic carbocycles. The molecule has 0 aromatic heterocycles. The lowest BCUT2D eigenvalue weighted by Gasteiger charge is -2.01. The van der Waals surface area contributed by atoms with Crippen molar-refractivity contribution in [3.05, 3.63) is 12.7 Å². The number of hydrogen-bond acceptors (Lipinski definition) is 2. The molecule has 1 aliphatic carbocycles. The van der Waals surface area contributed by atoms with Gasteiger partial charge in [0.1, 0.15) is 5.54 Å². The fourth-order valence-electron chi connectivity index (χ4n) is 0.882. The summed E-state index contributed by atoms with van der Waals surface area (Å²) in [7, 11) is 0. The molecular weight excluding hydrogens is 116 g/mol. The van der Waals surface area contributed by atoms with E-state index < -0.39 is 11.4 Å². The Kier molecular flexibility index (Phi) is 1.10. The highest BCUT2D eigenvalue weighted by atomic mass is 16.1. The van der Waals surface area contributed by atoms with Crippen LogP contribution in [0.25, 0.3) is 0 Å². The zero-order valence-electron chi connectivity index (χ0n) is 5.13. The summed E-state index contributed by atoms with van der Waals surface area (Å²) in [5, 5.41) is 0. The van der Waals surface area contributed by atoms with Gasteiger partial charge in [-0.2, -0.15) is 0 Å². The Morgan fingerprint density at radius 2 is 2.44 bits per heavy atom. The van der Waals surface area contributed by atoms with E-state index in [9.17, 15) is 4.79 Å². The first-order chi connectivity index (χ1) is 4.11. The molecule has 3 heteroatoms. The molecule has 1 aliphatic rings. The van der Waals surface area contributed by atoms with Crippen molar-refractivity contribution in [1.82, 2.24) is 0 Å². The molecule has 9 heavy (non-hydrogen) atoms. The van der Waals surface area contributed by atoms with Crippen LogP contribution < -0.4 is 11.5 Å². The van der Waals surface area contributed by atoms with E-state index in [0.717, 1.165) is 0 Å². The first-order valence-electron chi connectivity index (χ1n) is 2.82. The SMILES string of the molecule is C=CC1CC1(N)C(N)=O. The molecule has 4 N–H and O–H groups in total. The molecule has 2 atom stereocenters. The minimum atomic E-state index is -0.762. The molecule has 0 spiro atoms. The molecule has 0 aliphatic heterocycles. The van der Waals surface area contributed by atoms with Gasteiger partial charge in [-0.05, 0) is 6.42 Å². The maximum absolute atomic E-state index is 10.5. The van der Waals surface area contributed by atoms with E-state index >= 15 is 0 Å². The van der Waals surface area contributed by atoms with Crippen molar-refractivity contribution >= 4 is 5.91 Å². The minimum Gasteiger partial charge on any atom is -0.368 e. The number of rotatable bonds is 2. The van der Waals surface area contributed by atoms with E-state index in [4.69, 9.17) is 11.5 Å². The summed E-state index contributed by atoms with van der Waals surface area (Å²) in [4.78, 5) is 10.5. The van der Waals surface area contributed by atoms with Crippen LogP contribution in [0.1, 0.15) is 6.42 Å². The summed E-state index contributed by atoms with van der Waals surface area (Å²) < 4.78 is 0. The van der Waals surface area contributed by atoms with Crippen LogP contribution in [0.4, 0.5) is 0 Å². The zero-order chi connectivity index (χ0) is 7.07. The number of hydrogen-bond donors (Lipinski definition) is 2. The zero-order valence-corrected chi connectivity index (χ0v) is 5.13. The maximum atomic E-state index is 10.5. The summed E-state index contributed by atoms with van der Waals surface area (Å²) in [6.07, 6.45) is 2.33. The Morgan fingerprint density at radius 1 is 1.89 bits per heavy atom. The summed E-state index contributed by atoms with van der Waals surface area (Å²) in [5.74, 6) is -0.317. The van der Waals surface area contributed by atoms with Crippen LogP contribution in [0.5, 0.6) is 0 Å². The number of primary amides is 1. The highest BCUT2D eigenvalue weighted by Crippen LogP contribution is 2.41. The van der Waals surface area contributed by atoms with E-state index in [1.165, 1.54) is 0 Å². The second kappa shape index (κ2) is 1.57. The Hall–Kier alpha value is -0.830. The van der Waals surface area contributed by atoms with Gasteiger partial charge in [0.25, 0.3) is 0 Å². The van der Waals surface area contributed by atoms with Gasteiger partial charge in [-0.15, -0.1) is 6.58 Å². The highest BCUT2D eigenvalue weighted by Gasteiger charge is 2.54. The van der Waals surface area contributed by atoms with Gasteiger partial charge in [-0.25, -0.2) is 0 Å². The summed E-state index contributed by atoms with van der Waals surface area (Å²) >= 11 is 0. The van der Waals surface area contributed by atoms with E-state index in [0.29, 0.717) is 6.42 Å². The van der Waals surface area contributed by atoms with Crippen LogP contribution in [0.3, 0.4) is 0 Å². The standard InChI is InChI=1S/C6H10N2O/c1-2-4-3-6(4,8)5(7)9/h2,4H,1,3,8H2,(H2,7,9). The fourth-order valence-corrected chi connectivity index (χ4v) is 0.882. The van der Waals surface area contributed by atoms with Crippen molar-refractivity contribution in [3.8, 4) is 0 Å². The van der Waals surface area contributed by atoms with Crippen LogP contribution in [0.2, 0.25) is 0 Å². The lowest BCUT2D eigenvalue weighted by Crippen LogP contribution is -2.40. The first kappa shape index (κ1) is 6.29. The van der Waals surface area contributed by atoms with E-state index in [2.05, 4.69) is 6.58 Å². The summed E-state index contributed by atoms with van der Waals surface area (Å²) in [6.45, 7) is 3.51. The predicted octanol–water partition coefficient (Wildman–Crippen LogP) is -0.625. The number of amides is 1. The predicted molar refractivity (Wildman–Crippen MR) is 34.4 cm³/mol. The molecule has 0 aromatic rings. The van der Waals surface area contributed by atoms with E-state index in [-0.39, 0.29) is 5.92 Å². The van der Waals surface area contributed by atoms with Crippen LogP contribution >= 0.6 is 0 Å². The second-order valence-corrected chi connectivity index (χ2v) is 2.45. The minimum absolute atomic E-state index is 0.106. The average Bonchev–Trinajstić information content (AvgIpc) is 2.44. The molecule has 1 amide bonds. The van der Waals surface area contributed by atoms with Crippen molar-refractivity contribution in [1.29, 1.82) is 0 Å². The smallest absolute Gasteiger partial charge is 0.238 e. The number of nitrogens with two attached hydrogens (primary N) is 2. The van der Waals surface area contributed by atoms with Gasteiger partial charge in [-0.3, -0.25) is 4.79 Å². The fraction of sp³-hybridized carbons (Fsp3) is 0.500. The van der Waals surface area contributed by atoms with Gasteiger partial charge >= 0.3 is 0 Å². The van der Waals surface area contributed by atoms with Gasteiger partial charge in [0.05, 0.1) is 0 Å². The third-order valence-corrected chi connectivity index (χ3v) is 1.80. The maximum Gasteiger partial charge on any atom is 0.238 e. The topological polar surface area (TPSA) is 69.1 Å². The Labute approximate surface area is 53.7 Å². The van der Waals surface area contributed by atoms with Crippen LogP contribution in [-0.2, 0) is 4.79 Å². The van der Waals surface area contributed by atoms with Crippen molar-refractivity contribution in [2.75, 3.05) is 0 Å². The van der Waals surface area contributed by atoms with Gasteiger partial charge in [0.2, 0.25) is 5.91 Å². The molecular formula is C6H10N2O. The lowest BCUT2D eigenvalue weighted by molar-refractivity contribution is -0.120. The van der Waals surface area contributed by atoms with Crippen LogP contribution in [-0.4, -0.2) is 11.4 Å². The van der Waals surface area contributed by atoms with Crippen LogP contribution in [0, 0.1) is 5.92 Å². The Balaban J connectivity index is 2.62. The molecule has 0 saturated heterocycles. The highest BCUT2D eigenvalue weighted by molar-refractivity contribution is 5.88. The molecule has 0 radical (unpaired) electrons. The monoisotopic (exact) mass is 126 g/mol. The molecule has 0 heterocycles. The molecule has 2 unspecified atom stereocenters. The van der Waals surface area contributed by atoms with Crippen molar-refractivity contribution in [3.63, 3.8) is 0 Å². The molecule has 1 saturated carbocycles. The van der Waals surface area contributed by atoms with Crippen molar-refractivity contribution in [2.24, 2.45) is 17.4 Å². The first-order valence-corrected chi connectivity index (χ1v) is 2.82. The van der Waals surface area contributed by atoms with Gasteiger partial charge in [-0.1, -0.05) is 6.08 Å². The average molecular weight is 126 g/mol. The quantitative estimate of drug-likeness (QED) is 0.484. The molecule has 1 fully saturated rings. The second-order valence-electron chi connectivity index (χ2n) is 2.45. The van der Waals surface area contributed by atoms with Crippen molar-refractivity contribution < 1.29 is 4.79 Å². The molecule has 50 valence electrons. The number of carbonyl (C=O) groups excluding carboxylic acids is 1. The number of carbonyl (C=O) groups is 1. The molecule has 3 nitrogen and oxygen atoms in total. The normalized spacial score (nSPS) is 39.9. The Bertz CT molecular complexity index is 166. The van der Waals surface area contributed by atoms with Gasteiger partial charge in [0, 0.05) is 5.92 Å². The summed E-state index contributed by atoms with van der Waals surface area (Å²) in [6, 6.07) is 0. The van der Waals surface area contributed by atoms with Gasteiger partial charge < -0.3 is 11.5 Å². The lowest BCUT2D eigenvalue weighted by atomic mass is 10.2. The van der Waals surface area contributed by atoms with E-state index in [1.807, 2.05) is 0 Å². The molecule has 1 rings (SSSR count). The third-order valence-electron chi connectivity index (χ3n) is 1.80. The Morgan fingerprint density at radius 3 is 2.56 bits per heavy atom. The van der Waals surface area contributed by atoms with E-state index in [1.54, 1.807) is 6.08 Å². The summed E-state index contributed by atoms with van der Waals surface area (Å²) in [5.41, 5.74) is 9.72.